The van der Waals surface area contributed by atoms with Gasteiger partial charge in [0.25, 0.3) is 6.29 Å². The van der Waals surface area contributed by atoms with E-state index in [0.717, 1.165) is 10.3 Å². The van der Waals surface area contributed by atoms with Crippen molar-refractivity contribution in [3.8, 4) is 0 Å². The summed E-state index contributed by atoms with van der Waals surface area (Å²) in [5, 5.41) is 51.1. The molecule has 2 aromatic rings. The number of nitrogens with one attached hydrogen (secondary N) is 1. The highest BCUT2D eigenvalue weighted by atomic mass is 16.8. The zero-order chi connectivity index (χ0) is 20.3. The molecule has 0 radical (unpaired) electrons. The number of aromatic nitrogens is 4. The Morgan fingerprint density at radius 3 is 2.71 bits per heavy atom. The van der Waals surface area contributed by atoms with Gasteiger partial charge in [-0.3, -0.25) is 0 Å². The molecule has 1 fully saturated rings. The lowest BCUT2D eigenvalue weighted by Gasteiger charge is -2.39. The maximum Gasteiger partial charge on any atom is 0.254 e. The van der Waals surface area contributed by atoms with Crippen LogP contribution in [0.25, 0.3) is 11.2 Å². The fourth-order valence-corrected chi connectivity index (χ4v) is 2.67. The highest BCUT2D eigenvalue weighted by Crippen LogP contribution is 2.22. The van der Waals surface area contributed by atoms with Crippen molar-refractivity contribution >= 4 is 17.0 Å². The maximum absolute atomic E-state index is 10.1. The molecule has 12 nitrogen and oxygen atoms in total. The summed E-state index contributed by atoms with van der Waals surface area (Å²) in [7, 11) is 0. The van der Waals surface area contributed by atoms with Gasteiger partial charge in [0.2, 0.25) is 5.65 Å². The van der Waals surface area contributed by atoms with Crippen LogP contribution in [0.2, 0.25) is 0 Å². The summed E-state index contributed by atoms with van der Waals surface area (Å²) in [6, 6.07) is 0. The summed E-state index contributed by atoms with van der Waals surface area (Å²) in [5.74, 6) is 0.433. The van der Waals surface area contributed by atoms with E-state index >= 15 is 0 Å². The largest absolute Gasteiger partial charge is 0.394 e. The van der Waals surface area contributed by atoms with Gasteiger partial charge in [-0.05, 0) is 6.92 Å². The van der Waals surface area contributed by atoms with Crippen molar-refractivity contribution in [3.63, 3.8) is 0 Å². The molecule has 0 amide bonds. The van der Waals surface area contributed by atoms with Crippen LogP contribution in [0.1, 0.15) is 6.92 Å². The molecule has 12 heteroatoms. The number of fused-ring (bicyclic) bond motifs is 1. The van der Waals surface area contributed by atoms with Gasteiger partial charge in [0, 0.05) is 6.54 Å². The van der Waals surface area contributed by atoms with Crippen LogP contribution < -0.4 is 10.2 Å². The Balaban J connectivity index is 1.78. The molecule has 0 aliphatic carbocycles. The minimum Gasteiger partial charge on any atom is -0.394 e. The van der Waals surface area contributed by atoms with Crippen molar-refractivity contribution in [3.05, 3.63) is 24.3 Å². The quantitative estimate of drug-likeness (QED) is 0.270. The monoisotopic (exact) mass is 397 g/mol. The number of aliphatic hydroxyl groups is 5. The molecule has 28 heavy (non-hydrogen) atoms. The first-order chi connectivity index (χ1) is 13.5. The van der Waals surface area contributed by atoms with E-state index in [9.17, 15) is 20.4 Å². The molecule has 1 aliphatic rings. The summed E-state index contributed by atoms with van der Waals surface area (Å²) in [5.41, 5.74) is 1.47. The Morgan fingerprint density at radius 1 is 1.21 bits per heavy atom. The average Bonchev–Trinajstić information content (AvgIpc) is 3.12. The van der Waals surface area contributed by atoms with E-state index in [2.05, 4.69) is 20.3 Å². The molecule has 3 heterocycles. The lowest BCUT2D eigenvalue weighted by atomic mass is 9.99. The van der Waals surface area contributed by atoms with Crippen LogP contribution in [-0.4, -0.2) is 95.7 Å². The molecule has 154 valence electrons. The van der Waals surface area contributed by atoms with Gasteiger partial charge in [0.15, 0.2) is 11.3 Å². The standard InChI is InChI=1S/C16H23N5O7/c1-8(4-22)2-3-17-14-10-15(19-6-18-14)21(7-20-10)28-16-13(26)12(25)11(24)9(5-23)27-16/h2,6-7,9,11-13,16,22-26H,3-5H2,1H3,(H,17,18,19)/b8-2+/t9-,11-,12+,13-,16+/m1/s1. The van der Waals surface area contributed by atoms with E-state index in [0.29, 0.717) is 17.9 Å². The van der Waals surface area contributed by atoms with Crippen LogP contribution in [0.5, 0.6) is 0 Å². The third kappa shape index (κ3) is 4.06. The summed E-state index contributed by atoms with van der Waals surface area (Å²) < 4.78 is 6.46. The third-order valence-corrected chi connectivity index (χ3v) is 4.34. The highest BCUT2D eigenvalue weighted by molar-refractivity contribution is 5.82. The molecular weight excluding hydrogens is 374 g/mol. The fraction of sp³-hybridized carbons (Fsp3) is 0.562. The molecule has 5 atom stereocenters. The topological polar surface area (TPSA) is 175 Å². The van der Waals surface area contributed by atoms with E-state index in [1.165, 1.54) is 12.7 Å². The Hall–Kier alpha value is -2.35. The highest BCUT2D eigenvalue weighted by Gasteiger charge is 2.45. The molecule has 0 bridgehead atoms. The summed E-state index contributed by atoms with van der Waals surface area (Å²) >= 11 is 0. The molecular formula is C16H23N5O7. The molecule has 0 unspecified atom stereocenters. The summed E-state index contributed by atoms with van der Waals surface area (Å²) in [6.45, 7) is 1.61. The number of hydrogen-bond donors (Lipinski definition) is 6. The second kappa shape index (κ2) is 8.77. The van der Waals surface area contributed by atoms with E-state index in [4.69, 9.17) is 14.7 Å². The predicted molar refractivity (Wildman–Crippen MR) is 95.0 cm³/mol. The van der Waals surface area contributed by atoms with Gasteiger partial charge in [-0.15, -0.1) is 4.73 Å². The second-order valence-corrected chi connectivity index (χ2v) is 6.36. The predicted octanol–water partition coefficient (Wildman–Crippen LogP) is -2.59. The van der Waals surface area contributed by atoms with Crippen LogP contribution >= 0.6 is 0 Å². The maximum atomic E-state index is 10.1. The number of rotatable bonds is 7. The molecule has 1 aliphatic heterocycles. The molecule has 0 spiro atoms. The van der Waals surface area contributed by atoms with Gasteiger partial charge in [-0.1, -0.05) is 11.6 Å². The van der Waals surface area contributed by atoms with Crippen LogP contribution in [0.3, 0.4) is 0 Å². The summed E-state index contributed by atoms with van der Waals surface area (Å²) in [6.07, 6.45) is -2.66. The number of anilines is 1. The molecule has 1 saturated heterocycles. The molecule has 3 rings (SSSR count). The van der Waals surface area contributed by atoms with Gasteiger partial charge < -0.3 is 40.4 Å². The van der Waals surface area contributed by atoms with Gasteiger partial charge in [-0.25, -0.2) is 15.0 Å². The number of aliphatic hydroxyl groups excluding tert-OH is 5. The Labute approximate surface area is 159 Å². The van der Waals surface area contributed by atoms with Gasteiger partial charge in [-0.2, -0.15) is 0 Å². The Morgan fingerprint density at radius 2 is 2.00 bits per heavy atom. The average molecular weight is 397 g/mol. The number of hydrogen-bond acceptors (Lipinski definition) is 11. The van der Waals surface area contributed by atoms with Crippen LogP contribution in [0.15, 0.2) is 24.3 Å². The molecule has 0 aromatic carbocycles. The van der Waals surface area contributed by atoms with Crippen LogP contribution in [0.4, 0.5) is 5.82 Å². The van der Waals surface area contributed by atoms with Crippen molar-refractivity contribution in [2.45, 2.75) is 37.6 Å². The van der Waals surface area contributed by atoms with Gasteiger partial charge >= 0.3 is 0 Å². The number of imidazole rings is 1. The van der Waals surface area contributed by atoms with E-state index < -0.39 is 37.3 Å². The van der Waals surface area contributed by atoms with Crippen molar-refractivity contribution < 1.29 is 35.1 Å². The van der Waals surface area contributed by atoms with Crippen molar-refractivity contribution in [2.75, 3.05) is 25.1 Å². The Kier molecular flexibility index (Phi) is 6.39. The van der Waals surface area contributed by atoms with Gasteiger partial charge in [0.05, 0.1) is 13.2 Å². The van der Waals surface area contributed by atoms with E-state index in [-0.39, 0.29) is 12.3 Å². The lowest BCUT2D eigenvalue weighted by molar-refractivity contribution is -0.299. The smallest absolute Gasteiger partial charge is 0.254 e. The number of nitrogens with zero attached hydrogens (tertiary/aromatic N) is 4. The third-order valence-electron chi connectivity index (χ3n) is 4.34. The molecule has 6 N–H and O–H groups in total. The zero-order valence-corrected chi connectivity index (χ0v) is 15.1. The fourth-order valence-electron chi connectivity index (χ4n) is 2.67. The lowest BCUT2D eigenvalue weighted by Crippen LogP contribution is -2.61. The minimum absolute atomic E-state index is 0.0393. The van der Waals surface area contributed by atoms with E-state index in [1.54, 1.807) is 13.0 Å². The van der Waals surface area contributed by atoms with Crippen LogP contribution in [-0.2, 0) is 4.74 Å². The molecule has 0 saturated carbocycles. The minimum atomic E-state index is -1.56. The summed E-state index contributed by atoms with van der Waals surface area (Å²) in [4.78, 5) is 17.9. The van der Waals surface area contributed by atoms with Crippen molar-refractivity contribution in [1.29, 1.82) is 0 Å². The Bertz CT molecular complexity index is 827. The SMILES string of the molecule is C/C(=C\CNc1ncnc2c1ncn2O[C@@H]1O[C@H](CO)[C@@H](O)[C@H](O)[C@H]1O)CO. The first-order valence-electron chi connectivity index (χ1n) is 8.62. The van der Waals surface area contributed by atoms with Crippen molar-refractivity contribution in [1.82, 2.24) is 19.7 Å². The number of ether oxygens (including phenoxy) is 1. The second-order valence-electron chi connectivity index (χ2n) is 6.36. The molecule has 2 aromatic heterocycles. The van der Waals surface area contributed by atoms with Crippen molar-refractivity contribution in [2.24, 2.45) is 0 Å². The van der Waals surface area contributed by atoms with E-state index in [1.807, 2.05) is 0 Å². The first-order valence-corrected chi connectivity index (χ1v) is 8.62. The first kappa shape index (κ1) is 20.4. The van der Waals surface area contributed by atoms with Gasteiger partial charge in [0.1, 0.15) is 37.1 Å². The normalized spacial score (nSPS) is 28.5. The van der Waals surface area contributed by atoms with Crippen LogP contribution in [0, 0.1) is 0 Å². The zero-order valence-electron chi connectivity index (χ0n) is 15.1.